The third-order valence-electron chi connectivity index (χ3n) is 4.46. The predicted molar refractivity (Wildman–Crippen MR) is 82.8 cm³/mol. The highest BCUT2D eigenvalue weighted by molar-refractivity contribution is 5.43. The van der Waals surface area contributed by atoms with Gasteiger partial charge in [0.15, 0.2) is 0 Å². The molecule has 0 radical (unpaired) electrons. The molecule has 2 fully saturated rings. The molecular weight excluding hydrogens is 266 g/mol. The number of nitrogens with one attached hydrogen (secondary N) is 1. The third-order valence-corrected chi connectivity index (χ3v) is 4.46. The zero-order valence-electron chi connectivity index (χ0n) is 12.8. The molecule has 1 aromatic rings. The van der Waals surface area contributed by atoms with Crippen LogP contribution in [-0.4, -0.2) is 55.4 Å². The van der Waals surface area contributed by atoms with Gasteiger partial charge in [-0.3, -0.25) is 0 Å². The summed E-state index contributed by atoms with van der Waals surface area (Å²) in [4.78, 5) is 6.97. The van der Waals surface area contributed by atoms with Gasteiger partial charge in [-0.1, -0.05) is 0 Å². The first-order chi connectivity index (χ1) is 10.3. The van der Waals surface area contributed by atoms with Crippen LogP contribution in [-0.2, 0) is 4.74 Å². The normalized spacial score (nSPS) is 25.6. The van der Waals surface area contributed by atoms with Crippen LogP contribution >= 0.6 is 0 Å². The summed E-state index contributed by atoms with van der Waals surface area (Å²) in [5.74, 6) is 0.656. The number of anilines is 1. The van der Waals surface area contributed by atoms with Gasteiger partial charge in [0, 0.05) is 31.8 Å². The van der Waals surface area contributed by atoms with E-state index in [1.54, 1.807) is 7.11 Å². The number of pyridine rings is 1. The maximum Gasteiger partial charge on any atom is 0.213 e. The molecule has 2 atom stereocenters. The molecule has 0 saturated carbocycles. The molecule has 1 N–H and O–H groups in total. The van der Waals surface area contributed by atoms with E-state index < -0.39 is 0 Å². The van der Waals surface area contributed by atoms with Crippen LogP contribution in [0, 0.1) is 0 Å². The number of aromatic nitrogens is 1. The fourth-order valence-corrected chi connectivity index (χ4v) is 3.37. The Labute approximate surface area is 126 Å². The average molecular weight is 291 g/mol. The van der Waals surface area contributed by atoms with Gasteiger partial charge in [0.05, 0.1) is 18.5 Å². The first kappa shape index (κ1) is 14.6. The first-order valence-electron chi connectivity index (χ1n) is 7.93. The number of methoxy groups -OCH3 is 1. The monoisotopic (exact) mass is 291 g/mol. The van der Waals surface area contributed by atoms with Crippen LogP contribution < -0.4 is 10.1 Å². The molecule has 3 heterocycles. The number of ether oxygens (including phenoxy) is 2. The average Bonchev–Trinajstić information content (AvgIpc) is 2.97. The second kappa shape index (κ2) is 7.09. The van der Waals surface area contributed by atoms with Crippen LogP contribution in [0.25, 0.3) is 0 Å². The maximum atomic E-state index is 5.48. The number of fused-ring (bicyclic) bond motifs is 1. The summed E-state index contributed by atoms with van der Waals surface area (Å²) in [6.45, 7) is 3.65. The summed E-state index contributed by atoms with van der Waals surface area (Å²) in [7, 11) is 1.67. The van der Waals surface area contributed by atoms with Crippen molar-refractivity contribution in [3.8, 4) is 5.88 Å². The Morgan fingerprint density at radius 3 is 3.05 bits per heavy atom. The summed E-state index contributed by atoms with van der Waals surface area (Å²) in [6, 6.07) is 5.34. The number of rotatable bonds is 6. The van der Waals surface area contributed by atoms with Gasteiger partial charge < -0.3 is 19.7 Å². The molecular formula is C16H25N3O2. The predicted octanol–water partition coefficient (Wildman–Crippen LogP) is 2.15. The molecule has 2 unspecified atom stereocenters. The Balaban J connectivity index is 1.48. The van der Waals surface area contributed by atoms with E-state index in [4.69, 9.17) is 9.47 Å². The van der Waals surface area contributed by atoms with E-state index in [1.165, 1.54) is 38.8 Å². The highest BCUT2D eigenvalue weighted by atomic mass is 16.5. The highest BCUT2D eigenvalue weighted by Crippen LogP contribution is 2.28. The van der Waals surface area contributed by atoms with E-state index in [0.717, 1.165) is 11.7 Å². The third kappa shape index (κ3) is 3.86. The summed E-state index contributed by atoms with van der Waals surface area (Å²) >= 11 is 0. The van der Waals surface area contributed by atoms with Crippen molar-refractivity contribution in [3.63, 3.8) is 0 Å². The van der Waals surface area contributed by atoms with Crippen LogP contribution in [0.1, 0.15) is 25.7 Å². The fourth-order valence-electron chi connectivity index (χ4n) is 3.37. The number of hydrogen-bond donors (Lipinski definition) is 1. The Morgan fingerprint density at radius 1 is 1.29 bits per heavy atom. The largest absolute Gasteiger partial charge is 0.475 e. The first-order valence-corrected chi connectivity index (χ1v) is 7.93. The number of piperidine rings is 1. The van der Waals surface area contributed by atoms with E-state index in [-0.39, 0.29) is 0 Å². The van der Waals surface area contributed by atoms with Gasteiger partial charge in [-0.2, -0.15) is 0 Å². The van der Waals surface area contributed by atoms with Crippen molar-refractivity contribution in [2.45, 2.75) is 37.8 Å². The van der Waals surface area contributed by atoms with Gasteiger partial charge in [0.2, 0.25) is 5.88 Å². The van der Waals surface area contributed by atoms with Crippen LogP contribution in [0.3, 0.4) is 0 Å². The lowest BCUT2D eigenvalue weighted by Gasteiger charge is -2.35. The van der Waals surface area contributed by atoms with Crippen molar-refractivity contribution < 1.29 is 9.47 Å². The number of nitrogens with zero attached hydrogens (tertiary/aromatic N) is 2. The standard InChI is InChI=1S/C16H25N3O2/c1-20-9-10-21-16-5-4-14(12-17-16)18-13-6-8-19-7-2-3-15(19)11-13/h4-5,12-13,15,18H,2-3,6-11H2,1H3. The van der Waals surface area contributed by atoms with Gasteiger partial charge in [-0.25, -0.2) is 4.98 Å². The molecule has 2 saturated heterocycles. The molecule has 21 heavy (non-hydrogen) atoms. The SMILES string of the molecule is COCCOc1ccc(NC2CCN3CCCC3C2)cn1. The second-order valence-corrected chi connectivity index (χ2v) is 5.92. The van der Waals surface area contributed by atoms with E-state index in [9.17, 15) is 0 Å². The number of hydrogen-bond acceptors (Lipinski definition) is 5. The molecule has 0 aromatic carbocycles. The summed E-state index contributed by atoms with van der Waals surface area (Å²) in [5.41, 5.74) is 1.09. The van der Waals surface area contributed by atoms with Crippen LogP contribution in [0.5, 0.6) is 5.88 Å². The van der Waals surface area contributed by atoms with E-state index >= 15 is 0 Å². The zero-order valence-corrected chi connectivity index (χ0v) is 12.8. The minimum atomic E-state index is 0.538. The van der Waals surface area contributed by atoms with Crippen LogP contribution in [0.15, 0.2) is 18.3 Å². The van der Waals surface area contributed by atoms with E-state index in [1.807, 2.05) is 12.3 Å². The Kier molecular flexibility index (Phi) is 4.93. The Hall–Kier alpha value is -1.33. The molecule has 0 bridgehead atoms. The van der Waals surface area contributed by atoms with Gasteiger partial charge in [-0.15, -0.1) is 0 Å². The van der Waals surface area contributed by atoms with Gasteiger partial charge in [0.1, 0.15) is 6.61 Å². The molecule has 2 aliphatic rings. The Morgan fingerprint density at radius 2 is 2.24 bits per heavy atom. The lowest BCUT2D eigenvalue weighted by Crippen LogP contribution is -2.42. The van der Waals surface area contributed by atoms with Crippen LogP contribution in [0.2, 0.25) is 0 Å². The molecule has 0 aliphatic carbocycles. The summed E-state index contributed by atoms with van der Waals surface area (Å²) in [5, 5.41) is 3.62. The summed E-state index contributed by atoms with van der Waals surface area (Å²) < 4.78 is 10.4. The van der Waals surface area contributed by atoms with E-state index in [2.05, 4.69) is 21.3 Å². The smallest absolute Gasteiger partial charge is 0.213 e. The van der Waals surface area contributed by atoms with Gasteiger partial charge in [0.25, 0.3) is 0 Å². The minimum Gasteiger partial charge on any atom is -0.475 e. The van der Waals surface area contributed by atoms with Crippen LogP contribution in [0.4, 0.5) is 5.69 Å². The van der Waals surface area contributed by atoms with Gasteiger partial charge >= 0.3 is 0 Å². The van der Waals surface area contributed by atoms with Crippen molar-refractivity contribution in [3.05, 3.63) is 18.3 Å². The lowest BCUT2D eigenvalue weighted by molar-refractivity contribution is 0.144. The molecule has 0 spiro atoms. The molecule has 5 nitrogen and oxygen atoms in total. The molecule has 2 aliphatic heterocycles. The minimum absolute atomic E-state index is 0.538. The molecule has 116 valence electrons. The van der Waals surface area contributed by atoms with Crippen molar-refractivity contribution in [1.29, 1.82) is 0 Å². The maximum absolute atomic E-state index is 5.48. The topological polar surface area (TPSA) is 46.6 Å². The zero-order chi connectivity index (χ0) is 14.5. The molecule has 0 amide bonds. The Bertz CT molecular complexity index is 438. The highest BCUT2D eigenvalue weighted by Gasteiger charge is 2.31. The second-order valence-electron chi connectivity index (χ2n) is 5.92. The van der Waals surface area contributed by atoms with E-state index in [0.29, 0.717) is 25.1 Å². The lowest BCUT2D eigenvalue weighted by atomic mass is 9.97. The summed E-state index contributed by atoms with van der Waals surface area (Å²) in [6.07, 6.45) is 7.08. The van der Waals surface area contributed by atoms with Gasteiger partial charge in [-0.05, 0) is 38.3 Å². The van der Waals surface area contributed by atoms with Crippen molar-refractivity contribution >= 4 is 5.69 Å². The quantitative estimate of drug-likeness (QED) is 0.814. The molecule has 5 heteroatoms. The van der Waals surface area contributed by atoms with Crippen molar-refractivity contribution in [2.24, 2.45) is 0 Å². The molecule has 3 rings (SSSR count). The molecule has 1 aromatic heterocycles. The van der Waals surface area contributed by atoms with Crippen molar-refractivity contribution in [1.82, 2.24) is 9.88 Å². The van der Waals surface area contributed by atoms with Crippen molar-refractivity contribution in [2.75, 3.05) is 38.7 Å². The fraction of sp³-hybridized carbons (Fsp3) is 0.688.